The minimum atomic E-state index is -0.446. The highest BCUT2D eigenvalue weighted by Gasteiger charge is 2.07. The van der Waals surface area contributed by atoms with Gasteiger partial charge < -0.3 is 10.4 Å². The highest BCUT2D eigenvalue weighted by atomic mass is 16.3. The number of amides is 2. The fourth-order valence-electron chi connectivity index (χ4n) is 1.46. The van der Waals surface area contributed by atoms with Gasteiger partial charge in [0, 0.05) is 6.20 Å². The van der Waals surface area contributed by atoms with Crippen LogP contribution < -0.4 is 10.6 Å². The number of benzene rings is 1. The van der Waals surface area contributed by atoms with Crippen molar-refractivity contribution in [2.24, 2.45) is 0 Å². The van der Waals surface area contributed by atoms with Crippen LogP contribution in [0.2, 0.25) is 0 Å². The van der Waals surface area contributed by atoms with E-state index >= 15 is 0 Å². The van der Waals surface area contributed by atoms with Gasteiger partial charge in [-0.1, -0.05) is 18.2 Å². The molecule has 0 aliphatic rings. The Morgan fingerprint density at radius 1 is 1.17 bits per heavy atom. The summed E-state index contributed by atoms with van der Waals surface area (Å²) in [5, 5.41) is 14.7. The quantitative estimate of drug-likeness (QED) is 0.710. The summed E-state index contributed by atoms with van der Waals surface area (Å²) in [6.45, 7) is 1.85. The van der Waals surface area contributed by atoms with Gasteiger partial charge >= 0.3 is 6.03 Å². The molecule has 0 bridgehead atoms. The maximum Gasteiger partial charge on any atom is 0.324 e. The lowest BCUT2D eigenvalue weighted by molar-refractivity contribution is 0.262. The van der Waals surface area contributed by atoms with Crippen LogP contribution in [-0.2, 0) is 0 Å². The molecule has 0 spiro atoms. The molecule has 0 saturated carbocycles. The number of aromatic hydroxyl groups is 1. The second kappa shape index (κ2) is 5.18. The largest absolute Gasteiger partial charge is 0.506 e. The molecule has 0 radical (unpaired) electrons. The summed E-state index contributed by atoms with van der Waals surface area (Å²) in [5.41, 5.74) is 1.22. The summed E-state index contributed by atoms with van der Waals surface area (Å²) in [6.07, 6.45) is 1.60. The first-order valence-electron chi connectivity index (χ1n) is 5.44. The number of hydrogen-bond donors (Lipinski definition) is 3. The topological polar surface area (TPSA) is 74.2 Å². The predicted molar refractivity (Wildman–Crippen MR) is 69.7 cm³/mol. The van der Waals surface area contributed by atoms with Gasteiger partial charge in [0.15, 0.2) is 0 Å². The molecule has 0 aliphatic heterocycles. The zero-order valence-electron chi connectivity index (χ0n) is 9.84. The smallest absolute Gasteiger partial charge is 0.324 e. The van der Waals surface area contributed by atoms with E-state index < -0.39 is 6.03 Å². The van der Waals surface area contributed by atoms with Crippen LogP contribution in [0, 0.1) is 6.92 Å². The second-order valence-electron chi connectivity index (χ2n) is 3.77. The van der Waals surface area contributed by atoms with E-state index in [1.54, 1.807) is 30.5 Å². The Balaban J connectivity index is 2.06. The van der Waals surface area contributed by atoms with Crippen molar-refractivity contribution in [2.75, 3.05) is 10.6 Å². The van der Waals surface area contributed by atoms with Crippen molar-refractivity contribution in [3.05, 3.63) is 48.2 Å². The SMILES string of the molecule is Cc1cccnc1NC(=O)Nc1ccccc1O. The van der Waals surface area contributed by atoms with Crippen molar-refractivity contribution >= 4 is 17.5 Å². The van der Waals surface area contributed by atoms with Crippen molar-refractivity contribution in [3.63, 3.8) is 0 Å². The van der Waals surface area contributed by atoms with Crippen molar-refractivity contribution in [2.45, 2.75) is 6.92 Å². The van der Waals surface area contributed by atoms with E-state index in [1.165, 1.54) is 6.07 Å². The van der Waals surface area contributed by atoms with Gasteiger partial charge in [-0.25, -0.2) is 9.78 Å². The first kappa shape index (κ1) is 11.9. The minimum Gasteiger partial charge on any atom is -0.506 e. The Morgan fingerprint density at radius 2 is 1.94 bits per heavy atom. The summed E-state index contributed by atoms with van der Waals surface area (Å²) in [6, 6.07) is 9.72. The molecule has 2 aromatic rings. The van der Waals surface area contributed by atoms with E-state index in [4.69, 9.17) is 0 Å². The third-order valence-electron chi connectivity index (χ3n) is 2.39. The molecular weight excluding hydrogens is 230 g/mol. The van der Waals surface area contributed by atoms with E-state index in [1.807, 2.05) is 13.0 Å². The second-order valence-corrected chi connectivity index (χ2v) is 3.77. The Morgan fingerprint density at radius 3 is 2.67 bits per heavy atom. The van der Waals surface area contributed by atoms with Crippen molar-refractivity contribution in [1.82, 2.24) is 4.98 Å². The van der Waals surface area contributed by atoms with Gasteiger partial charge in [-0.3, -0.25) is 5.32 Å². The molecule has 2 rings (SSSR count). The third-order valence-corrected chi connectivity index (χ3v) is 2.39. The van der Waals surface area contributed by atoms with E-state index in [0.717, 1.165) is 5.56 Å². The molecule has 1 heterocycles. The zero-order chi connectivity index (χ0) is 13.0. The first-order valence-corrected chi connectivity index (χ1v) is 5.44. The fourth-order valence-corrected chi connectivity index (χ4v) is 1.46. The van der Waals surface area contributed by atoms with Gasteiger partial charge in [0.1, 0.15) is 11.6 Å². The average molecular weight is 243 g/mol. The number of carbonyl (C=O) groups excluding carboxylic acids is 1. The molecule has 0 atom stereocenters. The van der Waals surface area contributed by atoms with Crippen LogP contribution in [0.15, 0.2) is 42.6 Å². The molecule has 92 valence electrons. The molecule has 3 N–H and O–H groups in total. The van der Waals surface area contributed by atoms with Gasteiger partial charge in [0.25, 0.3) is 0 Å². The molecule has 0 saturated heterocycles. The van der Waals surface area contributed by atoms with Crippen LogP contribution in [0.1, 0.15) is 5.56 Å². The lowest BCUT2D eigenvalue weighted by atomic mass is 10.3. The molecule has 2 amide bonds. The van der Waals surface area contributed by atoms with Crippen LogP contribution in [0.3, 0.4) is 0 Å². The summed E-state index contributed by atoms with van der Waals surface area (Å²) < 4.78 is 0. The van der Waals surface area contributed by atoms with Gasteiger partial charge in [0.2, 0.25) is 0 Å². The molecule has 0 fully saturated rings. The number of phenols is 1. The monoisotopic (exact) mass is 243 g/mol. The maximum atomic E-state index is 11.7. The van der Waals surface area contributed by atoms with E-state index in [2.05, 4.69) is 15.6 Å². The molecule has 0 aliphatic carbocycles. The number of anilines is 2. The van der Waals surface area contributed by atoms with Gasteiger partial charge in [-0.05, 0) is 30.7 Å². The lowest BCUT2D eigenvalue weighted by Crippen LogP contribution is -2.20. The van der Waals surface area contributed by atoms with Gasteiger partial charge in [-0.2, -0.15) is 0 Å². The van der Waals surface area contributed by atoms with Crippen molar-refractivity contribution in [3.8, 4) is 5.75 Å². The van der Waals surface area contributed by atoms with Crippen LogP contribution in [0.25, 0.3) is 0 Å². The molecule has 1 aromatic heterocycles. The standard InChI is InChI=1S/C13H13N3O2/c1-9-5-4-8-14-12(9)16-13(18)15-10-6-2-3-7-11(10)17/h2-8,17H,1H3,(H2,14,15,16,18). The number of nitrogens with one attached hydrogen (secondary N) is 2. The number of nitrogens with zero attached hydrogens (tertiary/aromatic N) is 1. The van der Waals surface area contributed by atoms with Crippen LogP contribution in [-0.4, -0.2) is 16.1 Å². The minimum absolute atomic E-state index is 0.0189. The van der Waals surface area contributed by atoms with E-state index in [9.17, 15) is 9.90 Å². The molecule has 5 heteroatoms. The van der Waals surface area contributed by atoms with E-state index in [-0.39, 0.29) is 5.75 Å². The Hall–Kier alpha value is -2.56. The zero-order valence-corrected chi connectivity index (χ0v) is 9.84. The Kier molecular flexibility index (Phi) is 3.43. The first-order chi connectivity index (χ1) is 8.66. The number of carbonyl (C=O) groups is 1. The van der Waals surface area contributed by atoms with Crippen LogP contribution in [0.4, 0.5) is 16.3 Å². The normalized spacial score (nSPS) is 9.83. The third kappa shape index (κ3) is 2.76. The van der Waals surface area contributed by atoms with Crippen LogP contribution in [0.5, 0.6) is 5.75 Å². The number of para-hydroxylation sites is 2. The molecule has 18 heavy (non-hydrogen) atoms. The molecule has 1 aromatic carbocycles. The highest BCUT2D eigenvalue weighted by Crippen LogP contribution is 2.21. The van der Waals surface area contributed by atoms with Crippen molar-refractivity contribution < 1.29 is 9.90 Å². The number of urea groups is 1. The summed E-state index contributed by atoms with van der Waals surface area (Å²) in [7, 11) is 0. The summed E-state index contributed by atoms with van der Waals surface area (Å²) >= 11 is 0. The van der Waals surface area contributed by atoms with Gasteiger partial charge in [-0.15, -0.1) is 0 Å². The average Bonchev–Trinajstić information content (AvgIpc) is 2.35. The van der Waals surface area contributed by atoms with Crippen LogP contribution >= 0.6 is 0 Å². The fraction of sp³-hybridized carbons (Fsp3) is 0.0769. The lowest BCUT2D eigenvalue weighted by Gasteiger charge is -2.09. The number of pyridine rings is 1. The highest BCUT2D eigenvalue weighted by molar-refractivity contribution is 6.00. The summed E-state index contributed by atoms with van der Waals surface area (Å²) in [5.74, 6) is 0.510. The molecule has 5 nitrogen and oxygen atoms in total. The van der Waals surface area contributed by atoms with Gasteiger partial charge in [0.05, 0.1) is 5.69 Å². The maximum absolute atomic E-state index is 11.7. The Bertz CT molecular complexity index is 520. The number of rotatable bonds is 2. The number of phenolic OH excluding ortho intramolecular Hbond substituents is 1. The molecular formula is C13H13N3O2. The predicted octanol–water partition coefficient (Wildman–Crippen LogP) is 2.74. The number of hydrogen-bond acceptors (Lipinski definition) is 3. The molecule has 0 unspecified atom stereocenters. The summed E-state index contributed by atoms with van der Waals surface area (Å²) in [4.78, 5) is 15.8. The Labute approximate surface area is 104 Å². The number of aromatic nitrogens is 1. The van der Waals surface area contributed by atoms with Crippen molar-refractivity contribution in [1.29, 1.82) is 0 Å². The van der Waals surface area contributed by atoms with E-state index in [0.29, 0.717) is 11.5 Å². The number of aryl methyl sites for hydroxylation is 1.